The second-order valence-corrected chi connectivity index (χ2v) is 2.60. The summed E-state index contributed by atoms with van der Waals surface area (Å²) >= 11 is 0. The Bertz CT molecular complexity index is 312. The topological polar surface area (TPSA) is 27.7 Å². The van der Waals surface area contributed by atoms with Gasteiger partial charge in [0.25, 0.3) is 6.29 Å². The molecule has 0 aromatic heterocycles. The quantitative estimate of drug-likeness (QED) is 0.691. The van der Waals surface area contributed by atoms with Crippen LogP contribution in [0.5, 0.6) is 5.75 Å². The van der Waals surface area contributed by atoms with Crippen LogP contribution in [0.1, 0.15) is 11.9 Å². The molecule has 13 heavy (non-hydrogen) atoms. The second-order valence-electron chi connectivity index (χ2n) is 2.60. The molecule has 3 nitrogen and oxygen atoms in total. The van der Waals surface area contributed by atoms with Crippen molar-refractivity contribution < 1.29 is 14.2 Å². The van der Waals surface area contributed by atoms with Crippen molar-refractivity contribution in [3.05, 3.63) is 42.4 Å². The maximum Gasteiger partial charge on any atom is 0.267 e. The van der Waals surface area contributed by atoms with Gasteiger partial charge in [0.15, 0.2) is 0 Å². The zero-order valence-electron chi connectivity index (χ0n) is 7.19. The van der Waals surface area contributed by atoms with Crippen molar-refractivity contribution in [1.82, 2.24) is 0 Å². The maximum atomic E-state index is 5.12. The molecular weight excluding hydrogens is 168 g/mol. The molecule has 67 valence electrons. The van der Waals surface area contributed by atoms with E-state index in [0.29, 0.717) is 0 Å². The Kier molecular flexibility index (Phi) is 2.08. The molecule has 0 amide bonds. The third-order valence-electron chi connectivity index (χ3n) is 1.78. The summed E-state index contributed by atoms with van der Waals surface area (Å²) in [6.45, 7) is 0. The van der Waals surface area contributed by atoms with Crippen LogP contribution < -0.4 is 4.74 Å². The van der Waals surface area contributed by atoms with E-state index in [1.807, 2.05) is 24.3 Å². The Labute approximate surface area is 76.5 Å². The highest BCUT2D eigenvalue weighted by Gasteiger charge is 2.15. The molecule has 0 N–H and O–H groups in total. The predicted molar refractivity (Wildman–Crippen MR) is 45.7 cm³/mol. The lowest BCUT2D eigenvalue weighted by molar-refractivity contribution is -0.0303. The lowest BCUT2D eigenvalue weighted by Crippen LogP contribution is -1.97. The van der Waals surface area contributed by atoms with E-state index in [2.05, 4.69) is 6.26 Å². The van der Waals surface area contributed by atoms with E-state index in [9.17, 15) is 0 Å². The first-order valence-corrected chi connectivity index (χ1v) is 3.92. The average molecular weight is 177 g/mol. The van der Waals surface area contributed by atoms with Crippen LogP contribution in [-0.4, -0.2) is 7.11 Å². The van der Waals surface area contributed by atoms with Crippen LogP contribution in [0.3, 0.4) is 0 Å². The normalized spacial score (nSPS) is 15.2. The van der Waals surface area contributed by atoms with Gasteiger partial charge in [-0.3, -0.25) is 0 Å². The van der Waals surface area contributed by atoms with Crippen molar-refractivity contribution in [2.75, 3.05) is 7.11 Å². The SMILES string of the molecule is COc1cccc(C2O[C]=CO2)c1. The molecule has 2 rings (SSSR count). The van der Waals surface area contributed by atoms with Crippen molar-refractivity contribution in [1.29, 1.82) is 0 Å². The van der Waals surface area contributed by atoms with Gasteiger partial charge in [0.2, 0.25) is 6.26 Å². The van der Waals surface area contributed by atoms with Gasteiger partial charge in [-0.2, -0.15) is 0 Å². The van der Waals surface area contributed by atoms with E-state index in [1.54, 1.807) is 7.11 Å². The number of rotatable bonds is 2. The molecule has 0 spiro atoms. The highest BCUT2D eigenvalue weighted by Crippen LogP contribution is 2.25. The summed E-state index contributed by atoms with van der Waals surface area (Å²) in [5, 5.41) is 0. The molecule has 3 heteroatoms. The molecule has 0 aliphatic carbocycles. The number of hydrogen-bond donors (Lipinski definition) is 0. The van der Waals surface area contributed by atoms with Crippen LogP contribution in [0, 0.1) is 6.26 Å². The molecule has 0 saturated heterocycles. The molecule has 1 aliphatic rings. The van der Waals surface area contributed by atoms with Crippen LogP contribution >= 0.6 is 0 Å². The van der Waals surface area contributed by atoms with E-state index in [4.69, 9.17) is 14.2 Å². The molecule has 1 radical (unpaired) electrons. The molecule has 0 saturated carbocycles. The van der Waals surface area contributed by atoms with Gasteiger partial charge in [0, 0.05) is 5.56 Å². The molecule has 1 aromatic rings. The Morgan fingerprint density at radius 3 is 3.08 bits per heavy atom. The molecule has 1 aromatic carbocycles. The molecule has 0 fully saturated rings. The van der Waals surface area contributed by atoms with Crippen molar-refractivity contribution in [3.8, 4) is 5.75 Å². The first-order valence-electron chi connectivity index (χ1n) is 3.92. The molecule has 1 heterocycles. The fourth-order valence-corrected chi connectivity index (χ4v) is 1.14. The smallest absolute Gasteiger partial charge is 0.267 e. The number of benzene rings is 1. The van der Waals surface area contributed by atoms with Gasteiger partial charge >= 0.3 is 0 Å². The van der Waals surface area contributed by atoms with Gasteiger partial charge in [-0.15, -0.1) is 0 Å². The predicted octanol–water partition coefficient (Wildman–Crippen LogP) is 2.01. The Morgan fingerprint density at radius 1 is 1.46 bits per heavy atom. The van der Waals surface area contributed by atoms with E-state index in [0.717, 1.165) is 11.3 Å². The summed E-state index contributed by atoms with van der Waals surface area (Å²) in [4.78, 5) is 0. The van der Waals surface area contributed by atoms with E-state index in [-0.39, 0.29) is 6.29 Å². The summed E-state index contributed by atoms with van der Waals surface area (Å²) in [6, 6.07) is 7.54. The Balaban J connectivity index is 2.19. The van der Waals surface area contributed by atoms with Gasteiger partial charge in [-0.05, 0) is 12.1 Å². The Morgan fingerprint density at radius 2 is 2.38 bits per heavy atom. The summed E-state index contributed by atoms with van der Waals surface area (Å²) < 4.78 is 15.3. The van der Waals surface area contributed by atoms with Crippen LogP contribution in [0.2, 0.25) is 0 Å². The van der Waals surface area contributed by atoms with Crippen LogP contribution in [0.4, 0.5) is 0 Å². The van der Waals surface area contributed by atoms with E-state index < -0.39 is 0 Å². The van der Waals surface area contributed by atoms with Gasteiger partial charge in [0.05, 0.1) is 7.11 Å². The fraction of sp³-hybridized carbons (Fsp3) is 0.200. The third-order valence-corrected chi connectivity index (χ3v) is 1.78. The standard InChI is InChI=1S/C10H9O3/c1-11-9-4-2-3-8(7-9)10-12-5-6-13-10/h2-5,7,10H,1H3. The Hall–Kier alpha value is -1.64. The summed E-state index contributed by atoms with van der Waals surface area (Å²) in [5.74, 6) is 0.789. The zero-order valence-corrected chi connectivity index (χ0v) is 7.19. The lowest BCUT2D eigenvalue weighted by Gasteiger charge is -2.10. The average Bonchev–Trinajstić information content (AvgIpc) is 2.71. The minimum Gasteiger partial charge on any atom is -0.497 e. The van der Waals surface area contributed by atoms with Gasteiger partial charge in [-0.25, -0.2) is 0 Å². The van der Waals surface area contributed by atoms with Crippen LogP contribution in [-0.2, 0) is 9.47 Å². The lowest BCUT2D eigenvalue weighted by atomic mass is 10.2. The van der Waals surface area contributed by atoms with Gasteiger partial charge in [0.1, 0.15) is 12.0 Å². The highest BCUT2D eigenvalue weighted by atomic mass is 16.7. The first kappa shape index (κ1) is 7.98. The minimum atomic E-state index is -0.380. The maximum absolute atomic E-state index is 5.12. The van der Waals surface area contributed by atoms with E-state index in [1.165, 1.54) is 6.26 Å². The van der Waals surface area contributed by atoms with Crippen molar-refractivity contribution in [2.45, 2.75) is 6.29 Å². The van der Waals surface area contributed by atoms with Crippen LogP contribution in [0.25, 0.3) is 0 Å². The third kappa shape index (κ3) is 1.59. The first-order chi connectivity index (χ1) is 6.40. The van der Waals surface area contributed by atoms with Gasteiger partial charge < -0.3 is 14.2 Å². The largest absolute Gasteiger partial charge is 0.497 e. The number of ether oxygens (including phenoxy) is 3. The molecule has 1 unspecified atom stereocenters. The molecular formula is C10H9O3. The minimum absolute atomic E-state index is 0.380. The fourth-order valence-electron chi connectivity index (χ4n) is 1.14. The highest BCUT2D eigenvalue weighted by molar-refractivity contribution is 5.29. The van der Waals surface area contributed by atoms with Crippen molar-refractivity contribution in [3.63, 3.8) is 0 Å². The second kappa shape index (κ2) is 3.39. The molecule has 1 atom stereocenters. The van der Waals surface area contributed by atoms with Crippen molar-refractivity contribution in [2.24, 2.45) is 0 Å². The van der Waals surface area contributed by atoms with Crippen molar-refractivity contribution >= 4 is 0 Å². The van der Waals surface area contributed by atoms with Gasteiger partial charge in [-0.1, -0.05) is 12.1 Å². The zero-order chi connectivity index (χ0) is 9.10. The molecule has 1 aliphatic heterocycles. The summed E-state index contributed by atoms with van der Waals surface area (Å²) in [6.07, 6.45) is 3.55. The number of hydrogen-bond acceptors (Lipinski definition) is 3. The number of methoxy groups -OCH3 is 1. The summed E-state index contributed by atoms with van der Waals surface area (Å²) in [5.41, 5.74) is 0.917. The summed E-state index contributed by atoms with van der Waals surface area (Å²) in [7, 11) is 1.62. The molecule has 0 bridgehead atoms. The van der Waals surface area contributed by atoms with E-state index >= 15 is 0 Å². The monoisotopic (exact) mass is 177 g/mol. The van der Waals surface area contributed by atoms with Crippen LogP contribution in [0.15, 0.2) is 30.5 Å².